The number of carbonyl (C=O) groups excluding carboxylic acids is 2. The number of aliphatic hydroxyl groups is 1. The van der Waals surface area contributed by atoms with Gasteiger partial charge < -0.3 is 19.7 Å². The maximum absolute atomic E-state index is 12.5. The molecule has 2 atom stereocenters. The summed E-state index contributed by atoms with van der Waals surface area (Å²) >= 11 is 0. The van der Waals surface area contributed by atoms with Gasteiger partial charge in [-0.1, -0.05) is 49.4 Å². The van der Waals surface area contributed by atoms with Crippen LogP contribution in [0.1, 0.15) is 41.8 Å². The van der Waals surface area contributed by atoms with Gasteiger partial charge in [0.25, 0.3) is 5.91 Å². The van der Waals surface area contributed by atoms with E-state index in [0.29, 0.717) is 29.7 Å². The Bertz CT molecular complexity index is 927. The second-order valence-electron chi connectivity index (χ2n) is 7.05. The van der Waals surface area contributed by atoms with Crippen LogP contribution in [-0.4, -0.2) is 41.4 Å². The van der Waals surface area contributed by atoms with E-state index in [2.05, 4.69) is 5.32 Å². The summed E-state index contributed by atoms with van der Waals surface area (Å²) in [6.07, 6.45) is 1.88. The van der Waals surface area contributed by atoms with Crippen molar-refractivity contribution in [1.82, 2.24) is 5.32 Å². The van der Waals surface area contributed by atoms with E-state index in [1.807, 2.05) is 6.92 Å². The first-order valence-electron chi connectivity index (χ1n) is 10.2. The van der Waals surface area contributed by atoms with Crippen LogP contribution in [0.25, 0.3) is 0 Å². The van der Waals surface area contributed by atoms with E-state index in [1.165, 1.54) is 6.08 Å². The molecule has 0 spiro atoms. The molecule has 2 rings (SSSR count). The first kappa shape index (κ1) is 24.6. The number of carboxylic acids is 1. The SMILES string of the molecule is C[C@H](CC/C=C/C(=O)O)[C@@H](OC(=O)NC(=O)c1ccccc1)c1ccccc1OCCO. The average molecular weight is 441 g/mol. The maximum atomic E-state index is 12.5. The molecule has 0 bridgehead atoms. The molecule has 8 nitrogen and oxygen atoms in total. The maximum Gasteiger partial charge on any atom is 0.414 e. The van der Waals surface area contributed by atoms with Gasteiger partial charge in [0.15, 0.2) is 0 Å². The number of allylic oxidation sites excluding steroid dienone is 1. The van der Waals surface area contributed by atoms with Crippen LogP contribution in [0.2, 0.25) is 0 Å². The Morgan fingerprint density at radius 3 is 2.44 bits per heavy atom. The fraction of sp³-hybridized carbons (Fsp3) is 0.292. The summed E-state index contributed by atoms with van der Waals surface area (Å²) in [6.45, 7) is 1.74. The standard InChI is InChI=1S/C24H27NO7/c1-17(9-5-8-14-21(27)28)22(19-12-6-7-13-20(19)31-16-15-26)32-24(30)25-23(29)18-10-3-2-4-11-18/h2-4,6-8,10-14,17,22,26H,5,9,15-16H2,1H3,(H,27,28)(H,25,29,30)/b14-8+/t17-,22-/m1/s1. The molecule has 0 heterocycles. The number of rotatable bonds is 11. The van der Waals surface area contributed by atoms with Crippen molar-refractivity contribution >= 4 is 18.0 Å². The Labute approximate surface area is 186 Å². The molecule has 0 saturated carbocycles. The second-order valence-corrected chi connectivity index (χ2v) is 7.05. The Morgan fingerprint density at radius 2 is 1.75 bits per heavy atom. The van der Waals surface area contributed by atoms with Gasteiger partial charge in [0, 0.05) is 17.2 Å². The smallest absolute Gasteiger partial charge is 0.414 e. The third-order valence-electron chi connectivity index (χ3n) is 4.63. The van der Waals surface area contributed by atoms with Crippen molar-refractivity contribution in [2.75, 3.05) is 13.2 Å². The van der Waals surface area contributed by atoms with Crippen LogP contribution in [0.15, 0.2) is 66.7 Å². The van der Waals surface area contributed by atoms with Crippen molar-refractivity contribution in [2.45, 2.75) is 25.9 Å². The Balaban J connectivity index is 2.19. The van der Waals surface area contributed by atoms with Gasteiger partial charge in [-0.15, -0.1) is 0 Å². The van der Waals surface area contributed by atoms with Gasteiger partial charge in [-0.3, -0.25) is 10.1 Å². The number of ether oxygens (including phenoxy) is 2. The minimum absolute atomic E-state index is 0.0676. The molecular weight excluding hydrogens is 414 g/mol. The predicted octanol–water partition coefficient (Wildman–Crippen LogP) is 3.72. The van der Waals surface area contributed by atoms with E-state index in [1.54, 1.807) is 54.6 Å². The molecule has 2 aromatic rings. The molecule has 0 aliphatic heterocycles. The number of alkyl carbamates (subject to hydrolysis) is 1. The summed E-state index contributed by atoms with van der Waals surface area (Å²) in [4.78, 5) is 35.5. The van der Waals surface area contributed by atoms with Gasteiger partial charge in [0.2, 0.25) is 0 Å². The highest BCUT2D eigenvalue weighted by Crippen LogP contribution is 2.35. The summed E-state index contributed by atoms with van der Waals surface area (Å²) < 4.78 is 11.2. The summed E-state index contributed by atoms with van der Waals surface area (Å²) in [5.41, 5.74) is 0.900. The van der Waals surface area contributed by atoms with E-state index in [4.69, 9.17) is 19.7 Å². The molecule has 8 heteroatoms. The predicted molar refractivity (Wildman–Crippen MR) is 117 cm³/mol. The first-order valence-corrected chi connectivity index (χ1v) is 10.2. The summed E-state index contributed by atoms with van der Waals surface area (Å²) in [7, 11) is 0. The third-order valence-corrected chi connectivity index (χ3v) is 4.63. The number of amides is 2. The van der Waals surface area contributed by atoms with Gasteiger partial charge in [0.05, 0.1) is 6.61 Å². The molecule has 0 aliphatic rings. The van der Waals surface area contributed by atoms with Crippen molar-refractivity contribution in [1.29, 1.82) is 0 Å². The molecule has 0 saturated heterocycles. The highest BCUT2D eigenvalue weighted by atomic mass is 16.6. The lowest BCUT2D eigenvalue weighted by Crippen LogP contribution is -2.33. The first-order chi connectivity index (χ1) is 15.4. The van der Waals surface area contributed by atoms with Crippen molar-refractivity contribution in [3.8, 4) is 5.75 Å². The van der Waals surface area contributed by atoms with Crippen LogP contribution in [0.5, 0.6) is 5.75 Å². The molecule has 32 heavy (non-hydrogen) atoms. The van der Waals surface area contributed by atoms with E-state index in [9.17, 15) is 14.4 Å². The minimum atomic E-state index is -1.04. The van der Waals surface area contributed by atoms with Crippen LogP contribution in [0.4, 0.5) is 4.79 Å². The van der Waals surface area contributed by atoms with E-state index < -0.39 is 24.1 Å². The van der Waals surface area contributed by atoms with Gasteiger partial charge in [-0.05, 0) is 37.0 Å². The zero-order valence-electron chi connectivity index (χ0n) is 17.8. The number of para-hydroxylation sites is 1. The third kappa shape index (κ3) is 7.88. The minimum Gasteiger partial charge on any atom is -0.491 e. The molecule has 0 unspecified atom stereocenters. The summed E-state index contributed by atoms with van der Waals surface area (Å²) in [6, 6.07) is 15.3. The van der Waals surface area contributed by atoms with Crippen LogP contribution < -0.4 is 10.1 Å². The van der Waals surface area contributed by atoms with E-state index in [0.717, 1.165) is 6.08 Å². The fourth-order valence-corrected chi connectivity index (χ4v) is 3.08. The second kappa shape index (κ2) is 12.9. The molecule has 2 aromatic carbocycles. The Kier molecular flexibility index (Phi) is 9.93. The zero-order chi connectivity index (χ0) is 23.3. The van der Waals surface area contributed by atoms with Crippen LogP contribution in [0, 0.1) is 5.92 Å². The van der Waals surface area contributed by atoms with Crippen LogP contribution >= 0.6 is 0 Å². The van der Waals surface area contributed by atoms with E-state index in [-0.39, 0.29) is 19.1 Å². The Hall–Kier alpha value is -3.65. The summed E-state index contributed by atoms with van der Waals surface area (Å²) in [5.74, 6) is -1.41. The van der Waals surface area contributed by atoms with Crippen molar-refractivity contribution in [3.63, 3.8) is 0 Å². The van der Waals surface area contributed by atoms with Gasteiger partial charge in [-0.2, -0.15) is 0 Å². The topological polar surface area (TPSA) is 122 Å². The molecule has 0 aromatic heterocycles. The van der Waals surface area contributed by atoms with Gasteiger partial charge in [0.1, 0.15) is 18.5 Å². The Morgan fingerprint density at radius 1 is 1.06 bits per heavy atom. The van der Waals surface area contributed by atoms with Crippen molar-refractivity contribution < 1.29 is 34.1 Å². The molecule has 0 fully saturated rings. The molecular formula is C24H27NO7. The average Bonchev–Trinajstić information content (AvgIpc) is 2.79. The van der Waals surface area contributed by atoms with E-state index >= 15 is 0 Å². The highest BCUT2D eigenvalue weighted by molar-refractivity contribution is 6.02. The monoisotopic (exact) mass is 441 g/mol. The summed E-state index contributed by atoms with van der Waals surface area (Å²) in [5, 5.41) is 20.1. The fourth-order valence-electron chi connectivity index (χ4n) is 3.08. The number of nitrogens with one attached hydrogen (secondary N) is 1. The zero-order valence-corrected chi connectivity index (χ0v) is 17.8. The molecule has 0 radical (unpaired) electrons. The van der Waals surface area contributed by atoms with Gasteiger partial charge >= 0.3 is 12.1 Å². The number of hydrogen-bond acceptors (Lipinski definition) is 6. The largest absolute Gasteiger partial charge is 0.491 e. The number of benzene rings is 2. The van der Waals surface area contributed by atoms with Crippen LogP contribution in [0.3, 0.4) is 0 Å². The van der Waals surface area contributed by atoms with Gasteiger partial charge in [-0.25, -0.2) is 9.59 Å². The lowest BCUT2D eigenvalue weighted by molar-refractivity contribution is -0.131. The quantitative estimate of drug-likeness (QED) is 0.454. The number of imide groups is 1. The molecule has 2 amide bonds. The lowest BCUT2D eigenvalue weighted by Gasteiger charge is -2.26. The molecule has 0 aliphatic carbocycles. The van der Waals surface area contributed by atoms with Crippen molar-refractivity contribution in [3.05, 3.63) is 77.9 Å². The normalized spacial score (nSPS) is 12.7. The van der Waals surface area contributed by atoms with Crippen molar-refractivity contribution in [2.24, 2.45) is 5.92 Å². The number of hydrogen-bond donors (Lipinski definition) is 3. The number of carbonyl (C=O) groups is 3. The number of carboxylic acid groups (broad SMARTS) is 1. The highest BCUT2D eigenvalue weighted by Gasteiger charge is 2.27. The lowest BCUT2D eigenvalue weighted by atomic mass is 9.92. The van der Waals surface area contributed by atoms with Crippen LogP contribution in [-0.2, 0) is 9.53 Å². The molecule has 170 valence electrons. The number of aliphatic carboxylic acids is 1. The number of aliphatic hydroxyl groups excluding tert-OH is 1. The molecule has 3 N–H and O–H groups in total.